The molecule has 0 saturated carbocycles. The summed E-state index contributed by atoms with van der Waals surface area (Å²) in [6.07, 6.45) is 1.81. The van der Waals surface area contributed by atoms with E-state index in [-0.39, 0.29) is 0 Å². The van der Waals surface area contributed by atoms with E-state index in [0.29, 0.717) is 25.7 Å². The molecule has 2 rings (SSSR count). The van der Waals surface area contributed by atoms with Gasteiger partial charge in [-0.1, -0.05) is 18.2 Å². The quantitative estimate of drug-likeness (QED) is 0.388. The zero-order chi connectivity index (χ0) is 17.9. The van der Waals surface area contributed by atoms with Crippen LogP contribution in [0.3, 0.4) is 0 Å². The van der Waals surface area contributed by atoms with Crippen LogP contribution in [0.25, 0.3) is 0 Å². The van der Waals surface area contributed by atoms with Crippen molar-refractivity contribution < 1.29 is 9.47 Å². The van der Waals surface area contributed by atoms with Crippen molar-refractivity contribution in [3.8, 4) is 5.75 Å². The van der Waals surface area contributed by atoms with Crippen molar-refractivity contribution in [1.29, 1.82) is 0 Å². The summed E-state index contributed by atoms with van der Waals surface area (Å²) in [5.74, 6) is 1.33. The van der Waals surface area contributed by atoms with Crippen LogP contribution in [0.15, 0.2) is 40.7 Å². The van der Waals surface area contributed by atoms with Gasteiger partial charge >= 0.3 is 0 Å². The minimum Gasteiger partial charge on any atom is -0.493 e. The number of ether oxygens (including phenoxy) is 2. The van der Waals surface area contributed by atoms with Gasteiger partial charge in [0.2, 0.25) is 0 Å². The molecule has 0 atom stereocenters. The molecule has 1 aromatic carbocycles. The van der Waals surface area contributed by atoms with Gasteiger partial charge in [0.15, 0.2) is 5.96 Å². The van der Waals surface area contributed by atoms with Crippen LogP contribution in [0.5, 0.6) is 5.75 Å². The monoisotopic (exact) mass is 361 g/mol. The second kappa shape index (κ2) is 10.7. The highest BCUT2D eigenvalue weighted by Gasteiger charge is 2.04. The third-order valence-corrected chi connectivity index (χ3v) is 4.59. The summed E-state index contributed by atoms with van der Waals surface area (Å²) in [7, 11) is 1.70. The minimum absolute atomic E-state index is 0.461. The van der Waals surface area contributed by atoms with Gasteiger partial charge in [-0.25, -0.2) is 4.99 Å². The van der Waals surface area contributed by atoms with Gasteiger partial charge in [0.05, 0.1) is 13.2 Å². The van der Waals surface area contributed by atoms with Gasteiger partial charge in [0.25, 0.3) is 0 Å². The second-order valence-electron chi connectivity index (χ2n) is 5.76. The Labute approximate surface area is 153 Å². The SMILES string of the molecule is COCCCOc1cc(C)ccc1CN=C(N)NCCc1cccs1. The number of thiophene rings is 1. The fourth-order valence-corrected chi connectivity index (χ4v) is 3.02. The number of rotatable bonds is 10. The Hall–Kier alpha value is -2.05. The molecule has 136 valence electrons. The summed E-state index contributed by atoms with van der Waals surface area (Å²) in [5.41, 5.74) is 8.16. The number of hydrogen-bond acceptors (Lipinski definition) is 4. The van der Waals surface area contributed by atoms with E-state index in [1.165, 1.54) is 4.88 Å². The van der Waals surface area contributed by atoms with Crippen LogP contribution in [0.2, 0.25) is 0 Å². The molecule has 2 aromatic rings. The molecule has 1 aromatic heterocycles. The maximum atomic E-state index is 5.97. The number of nitrogens with zero attached hydrogens (tertiary/aromatic N) is 1. The number of nitrogens with one attached hydrogen (secondary N) is 1. The molecule has 0 amide bonds. The Morgan fingerprint density at radius 2 is 2.16 bits per heavy atom. The van der Waals surface area contributed by atoms with Crippen LogP contribution in [-0.4, -0.2) is 32.8 Å². The van der Waals surface area contributed by atoms with E-state index in [1.807, 2.05) is 12.1 Å². The number of guanidine groups is 1. The van der Waals surface area contributed by atoms with Crippen LogP contribution in [-0.2, 0) is 17.7 Å². The molecular formula is C19H27N3O2S. The van der Waals surface area contributed by atoms with Crippen LogP contribution in [0.4, 0.5) is 0 Å². The molecule has 5 nitrogen and oxygen atoms in total. The van der Waals surface area contributed by atoms with Gasteiger partial charge in [0, 0.05) is 37.1 Å². The summed E-state index contributed by atoms with van der Waals surface area (Å²) in [5, 5.41) is 5.24. The van der Waals surface area contributed by atoms with Crippen molar-refractivity contribution in [2.45, 2.75) is 26.3 Å². The van der Waals surface area contributed by atoms with Crippen LogP contribution in [0, 0.1) is 6.92 Å². The van der Waals surface area contributed by atoms with Gasteiger partial charge in [-0.2, -0.15) is 0 Å². The molecule has 1 heterocycles. The van der Waals surface area contributed by atoms with Gasteiger partial charge in [-0.15, -0.1) is 11.3 Å². The maximum absolute atomic E-state index is 5.97. The van der Waals surface area contributed by atoms with Gasteiger partial charge < -0.3 is 20.5 Å². The largest absolute Gasteiger partial charge is 0.493 e. The Morgan fingerprint density at radius 3 is 2.92 bits per heavy atom. The third-order valence-electron chi connectivity index (χ3n) is 3.65. The van der Waals surface area contributed by atoms with Crippen molar-refractivity contribution in [3.05, 3.63) is 51.7 Å². The highest BCUT2D eigenvalue weighted by molar-refractivity contribution is 7.09. The predicted molar refractivity (Wildman–Crippen MR) is 105 cm³/mol. The van der Waals surface area contributed by atoms with Crippen LogP contribution >= 0.6 is 11.3 Å². The first-order valence-corrected chi connectivity index (χ1v) is 9.34. The molecular weight excluding hydrogens is 334 g/mol. The van der Waals surface area contributed by atoms with Gasteiger partial charge in [-0.05, 0) is 36.4 Å². The first-order valence-electron chi connectivity index (χ1n) is 8.46. The van der Waals surface area contributed by atoms with E-state index >= 15 is 0 Å². The lowest BCUT2D eigenvalue weighted by molar-refractivity contribution is 0.172. The summed E-state index contributed by atoms with van der Waals surface area (Å²) < 4.78 is 10.9. The topological polar surface area (TPSA) is 68.9 Å². The Morgan fingerprint density at radius 1 is 1.28 bits per heavy atom. The highest BCUT2D eigenvalue weighted by Crippen LogP contribution is 2.21. The van der Waals surface area contributed by atoms with Crippen molar-refractivity contribution in [3.63, 3.8) is 0 Å². The number of aliphatic imine (C=N–C) groups is 1. The molecule has 0 aliphatic heterocycles. The zero-order valence-corrected chi connectivity index (χ0v) is 15.8. The number of nitrogens with two attached hydrogens (primary N) is 1. The van der Waals surface area contributed by atoms with Gasteiger partial charge in [-0.3, -0.25) is 0 Å². The van der Waals surface area contributed by atoms with Crippen molar-refractivity contribution in [2.24, 2.45) is 10.7 Å². The number of hydrogen-bond donors (Lipinski definition) is 2. The van der Waals surface area contributed by atoms with Gasteiger partial charge in [0.1, 0.15) is 5.75 Å². The molecule has 0 spiro atoms. The number of benzene rings is 1. The number of methoxy groups -OCH3 is 1. The van der Waals surface area contributed by atoms with E-state index < -0.39 is 0 Å². The summed E-state index contributed by atoms with van der Waals surface area (Å²) in [6, 6.07) is 10.3. The minimum atomic E-state index is 0.461. The predicted octanol–water partition coefficient (Wildman–Crippen LogP) is 3.12. The van der Waals surface area contributed by atoms with Crippen LogP contribution in [0.1, 0.15) is 22.4 Å². The standard InChI is InChI=1S/C19H27N3O2S/c1-15-6-7-16(18(13-15)24-11-4-10-23-2)14-22-19(20)21-9-8-17-5-3-12-25-17/h3,5-7,12-13H,4,8-11,14H2,1-2H3,(H3,20,21,22). The summed E-state index contributed by atoms with van der Waals surface area (Å²) in [6.45, 7) is 4.65. The van der Waals surface area contributed by atoms with E-state index in [0.717, 1.165) is 36.3 Å². The highest BCUT2D eigenvalue weighted by atomic mass is 32.1. The molecule has 0 unspecified atom stereocenters. The normalized spacial score (nSPS) is 11.5. The summed E-state index contributed by atoms with van der Waals surface area (Å²) >= 11 is 1.75. The molecule has 6 heteroatoms. The Balaban J connectivity index is 1.84. The summed E-state index contributed by atoms with van der Waals surface area (Å²) in [4.78, 5) is 5.77. The maximum Gasteiger partial charge on any atom is 0.188 e. The third kappa shape index (κ3) is 7.15. The van der Waals surface area contributed by atoms with E-state index in [4.69, 9.17) is 15.2 Å². The Bertz CT molecular complexity index is 657. The lowest BCUT2D eigenvalue weighted by atomic mass is 10.1. The molecule has 0 radical (unpaired) electrons. The van der Waals surface area contributed by atoms with E-state index in [1.54, 1.807) is 18.4 Å². The van der Waals surface area contributed by atoms with Crippen molar-refractivity contribution in [2.75, 3.05) is 26.9 Å². The van der Waals surface area contributed by atoms with E-state index in [9.17, 15) is 0 Å². The zero-order valence-electron chi connectivity index (χ0n) is 15.0. The fraction of sp³-hybridized carbons (Fsp3) is 0.421. The lowest BCUT2D eigenvalue weighted by Gasteiger charge is -2.12. The molecule has 0 bridgehead atoms. The van der Waals surface area contributed by atoms with E-state index in [2.05, 4.69) is 40.8 Å². The molecule has 3 N–H and O–H groups in total. The second-order valence-corrected chi connectivity index (χ2v) is 6.80. The fourth-order valence-electron chi connectivity index (χ4n) is 2.31. The van der Waals surface area contributed by atoms with Crippen molar-refractivity contribution in [1.82, 2.24) is 5.32 Å². The lowest BCUT2D eigenvalue weighted by Crippen LogP contribution is -2.33. The van der Waals surface area contributed by atoms with Crippen LogP contribution < -0.4 is 15.8 Å². The molecule has 0 saturated heterocycles. The molecule has 0 aliphatic rings. The molecule has 0 fully saturated rings. The molecule has 0 aliphatic carbocycles. The first-order chi connectivity index (χ1) is 12.2. The average Bonchev–Trinajstić information content (AvgIpc) is 3.11. The first kappa shape index (κ1) is 19.3. The smallest absolute Gasteiger partial charge is 0.188 e. The Kier molecular flexibility index (Phi) is 8.28. The van der Waals surface area contributed by atoms with Crippen molar-refractivity contribution >= 4 is 17.3 Å². The molecule has 25 heavy (non-hydrogen) atoms. The average molecular weight is 362 g/mol. The number of aryl methyl sites for hydroxylation is 1.